The summed E-state index contributed by atoms with van der Waals surface area (Å²) in [4.78, 5) is 29.0. The van der Waals surface area contributed by atoms with Crippen molar-refractivity contribution in [3.8, 4) is 0 Å². The second-order valence-electron chi connectivity index (χ2n) is 7.25. The first-order chi connectivity index (χ1) is 12.8. The highest BCUT2D eigenvalue weighted by Crippen LogP contribution is 2.17. The Morgan fingerprint density at radius 2 is 1.78 bits per heavy atom. The molecule has 1 aromatic rings. The molecular weight excluding hydrogens is 368 g/mol. The monoisotopic (exact) mass is 394 g/mol. The minimum atomic E-state index is -0.804. The summed E-state index contributed by atoms with van der Waals surface area (Å²) in [6.07, 6.45) is 4.82. The maximum atomic E-state index is 12.2. The lowest BCUT2D eigenvalue weighted by molar-refractivity contribution is 0.142. The van der Waals surface area contributed by atoms with Gasteiger partial charge in [0.2, 0.25) is 0 Å². The lowest BCUT2D eigenvalue weighted by Gasteiger charge is -2.26. The summed E-state index contributed by atoms with van der Waals surface area (Å²) in [6, 6.07) is 6.53. The van der Waals surface area contributed by atoms with Crippen molar-refractivity contribution in [1.82, 2.24) is 10.6 Å². The molecule has 1 aromatic carbocycles. The lowest BCUT2D eigenvalue weighted by Crippen LogP contribution is -2.50. The average Bonchev–Trinajstić information content (AvgIpc) is 2.62. The van der Waals surface area contributed by atoms with Crippen LogP contribution in [-0.4, -0.2) is 29.4 Å². The highest BCUT2D eigenvalue weighted by Gasteiger charge is 2.25. The molecule has 0 aliphatic heterocycles. The van der Waals surface area contributed by atoms with E-state index in [0.717, 1.165) is 25.7 Å². The van der Waals surface area contributed by atoms with Gasteiger partial charge in [-0.3, -0.25) is 4.84 Å². The molecule has 2 rings (SSSR count). The predicted octanol–water partition coefficient (Wildman–Crippen LogP) is 4.67. The van der Waals surface area contributed by atoms with Crippen LogP contribution in [-0.2, 0) is 4.84 Å². The minimum absolute atomic E-state index is 0.151. The lowest BCUT2D eigenvalue weighted by atomic mass is 9.96. The summed E-state index contributed by atoms with van der Waals surface area (Å²) < 4.78 is 0. The van der Waals surface area contributed by atoms with E-state index in [4.69, 9.17) is 16.4 Å². The molecule has 3 amide bonds. The van der Waals surface area contributed by atoms with Crippen molar-refractivity contribution < 1.29 is 14.4 Å². The van der Waals surface area contributed by atoms with Crippen molar-refractivity contribution in [2.75, 3.05) is 5.32 Å². The molecule has 1 fully saturated rings. The number of oxime groups is 1. The molecule has 0 bridgehead atoms. The molecule has 27 heavy (non-hydrogen) atoms. The van der Waals surface area contributed by atoms with E-state index < -0.39 is 17.7 Å². The number of carbonyl (C=O) groups excluding carboxylic acids is 2. The van der Waals surface area contributed by atoms with Gasteiger partial charge in [0.1, 0.15) is 0 Å². The number of hydrogen-bond acceptors (Lipinski definition) is 4. The van der Waals surface area contributed by atoms with Crippen molar-refractivity contribution in [3.05, 3.63) is 29.3 Å². The Labute approximate surface area is 164 Å². The molecule has 148 valence electrons. The van der Waals surface area contributed by atoms with Gasteiger partial charge < -0.3 is 16.0 Å². The van der Waals surface area contributed by atoms with E-state index >= 15 is 0 Å². The fourth-order valence-corrected chi connectivity index (χ4v) is 2.86. The van der Waals surface area contributed by atoms with Gasteiger partial charge in [0.25, 0.3) is 0 Å². The number of rotatable bonds is 5. The van der Waals surface area contributed by atoms with E-state index in [1.165, 1.54) is 6.42 Å². The molecule has 1 saturated carbocycles. The van der Waals surface area contributed by atoms with Gasteiger partial charge in [-0.1, -0.05) is 36.0 Å². The molecule has 3 N–H and O–H groups in total. The first kappa shape index (κ1) is 21.0. The topological polar surface area (TPSA) is 91.8 Å². The Hall–Kier alpha value is -2.28. The zero-order valence-electron chi connectivity index (χ0n) is 16.0. The van der Waals surface area contributed by atoms with Crippen molar-refractivity contribution in [1.29, 1.82) is 0 Å². The van der Waals surface area contributed by atoms with E-state index in [1.54, 1.807) is 45.0 Å². The van der Waals surface area contributed by atoms with Crippen LogP contribution in [0.1, 0.15) is 52.9 Å². The predicted molar refractivity (Wildman–Crippen MR) is 107 cm³/mol. The number of nitrogens with one attached hydrogen (secondary N) is 3. The Bertz CT molecular complexity index is 683. The van der Waals surface area contributed by atoms with Gasteiger partial charge in [-0.15, -0.1) is 0 Å². The normalized spacial score (nSPS) is 15.8. The fourth-order valence-electron chi connectivity index (χ4n) is 2.73. The smallest absolute Gasteiger partial charge is 0.328 e. The molecule has 0 radical (unpaired) electrons. The molecule has 8 heteroatoms. The van der Waals surface area contributed by atoms with Gasteiger partial charge in [0.05, 0.1) is 11.3 Å². The zero-order chi connectivity index (χ0) is 19.9. The molecule has 0 heterocycles. The zero-order valence-corrected chi connectivity index (χ0v) is 16.7. The second kappa shape index (κ2) is 9.60. The van der Waals surface area contributed by atoms with Gasteiger partial charge in [-0.25, -0.2) is 9.59 Å². The minimum Gasteiger partial charge on any atom is -0.328 e. The Kier molecular flexibility index (Phi) is 7.47. The third-order valence-corrected chi connectivity index (χ3v) is 4.88. The Morgan fingerprint density at radius 3 is 2.41 bits per heavy atom. The maximum absolute atomic E-state index is 12.2. The average molecular weight is 395 g/mol. The van der Waals surface area contributed by atoms with E-state index in [-0.39, 0.29) is 6.04 Å². The van der Waals surface area contributed by atoms with Crippen LogP contribution in [0.5, 0.6) is 0 Å². The van der Waals surface area contributed by atoms with E-state index in [0.29, 0.717) is 16.4 Å². The van der Waals surface area contributed by atoms with Crippen molar-refractivity contribution >= 4 is 35.1 Å². The van der Waals surface area contributed by atoms with Crippen LogP contribution in [0, 0.1) is 0 Å². The van der Waals surface area contributed by atoms with Gasteiger partial charge >= 0.3 is 12.1 Å². The summed E-state index contributed by atoms with van der Waals surface area (Å²) in [6.45, 7) is 5.24. The van der Waals surface area contributed by atoms with Crippen molar-refractivity contribution in [3.63, 3.8) is 0 Å². The summed E-state index contributed by atoms with van der Waals surface area (Å²) in [7, 11) is 0. The number of nitrogens with zero attached hydrogens (tertiary/aromatic N) is 1. The van der Waals surface area contributed by atoms with Crippen LogP contribution in [0.25, 0.3) is 0 Å². The van der Waals surface area contributed by atoms with E-state index in [1.807, 2.05) is 0 Å². The summed E-state index contributed by atoms with van der Waals surface area (Å²) in [5, 5.41) is 12.8. The number of benzene rings is 1. The van der Waals surface area contributed by atoms with Crippen LogP contribution in [0.2, 0.25) is 5.02 Å². The van der Waals surface area contributed by atoms with Crippen LogP contribution in [0.4, 0.5) is 15.3 Å². The van der Waals surface area contributed by atoms with Gasteiger partial charge in [0, 0.05) is 16.8 Å². The first-order valence-corrected chi connectivity index (χ1v) is 9.51. The first-order valence-electron chi connectivity index (χ1n) is 9.13. The molecule has 0 unspecified atom stereocenters. The number of urea groups is 1. The van der Waals surface area contributed by atoms with Gasteiger partial charge in [-0.2, -0.15) is 0 Å². The van der Waals surface area contributed by atoms with E-state index in [2.05, 4.69) is 21.1 Å². The molecule has 1 aliphatic rings. The molecule has 1 aliphatic carbocycles. The number of hydrogen-bond donors (Lipinski definition) is 3. The van der Waals surface area contributed by atoms with E-state index in [9.17, 15) is 9.59 Å². The molecular formula is C19H27ClN4O3. The molecule has 7 nitrogen and oxygen atoms in total. The summed E-state index contributed by atoms with van der Waals surface area (Å²) >= 11 is 5.83. The highest BCUT2D eigenvalue weighted by atomic mass is 35.5. The summed E-state index contributed by atoms with van der Waals surface area (Å²) in [5.74, 6) is 0. The number of amides is 3. The Balaban J connectivity index is 1.83. The number of carbonyl (C=O) groups is 2. The van der Waals surface area contributed by atoms with Crippen LogP contribution >= 0.6 is 11.6 Å². The van der Waals surface area contributed by atoms with Crippen LogP contribution in [0.3, 0.4) is 0 Å². The number of halogens is 1. The highest BCUT2D eigenvalue weighted by molar-refractivity contribution is 6.30. The van der Waals surface area contributed by atoms with Gasteiger partial charge in [0.15, 0.2) is 0 Å². The molecule has 0 atom stereocenters. The summed E-state index contributed by atoms with van der Waals surface area (Å²) in [5.41, 5.74) is 0.277. The van der Waals surface area contributed by atoms with Crippen molar-refractivity contribution in [2.24, 2.45) is 5.16 Å². The number of anilines is 1. The van der Waals surface area contributed by atoms with Gasteiger partial charge in [-0.05, 0) is 57.9 Å². The van der Waals surface area contributed by atoms with Crippen LogP contribution < -0.4 is 16.0 Å². The largest absolute Gasteiger partial charge is 0.433 e. The third-order valence-electron chi connectivity index (χ3n) is 4.63. The molecule has 0 spiro atoms. The molecule has 0 aromatic heterocycles. The van der Waals surface area contributed by atoms with Crippen LogP contribution in [0.15, 0.2) is 29.4 Å². The third kappa shape index (κ3) is 7.09. The quantitative estimate of drug-likeness (QED) is 0.384. The van der Waals surface area contributed by atoms with Crippen molar-refractivity contribution in [2.45, 2.75) is 64.5 Å². The maximum Gasteiger partial charge on any atom is 0.433 e. The Morgan fingerprint density at radius 1 is 1.15 bits per heavy atom. The standard InChI is InChI=1S/C19H27ClN4O3/c1-13(24-27-18(26)22-15-7-5-4-6-8-15)19(2,3)23-17(25)21-16-11-9-14(20)10-12-16/h9-12,15H,4-8H2,1-3H3,(H,22,26)(H2,21,23,25). The molecule has 0 saturated heterocycles. The SMILES string of the molecule is CC(=NOC(=O)NC1CCCCC1)C(C)(C)NC(=O)Nc1ccc(Cl)cc1. The fraction of sp³-hybridized carbons (Fsp3) is 0.526. The second-order valence-corrected chi connectivity index (χ2v) is 7.68.